The first-order valence-corrected chi connectivity index (χ1v) is 7.10. The summed E-state index contributed by atoms with van der Waals surface area (Å²) in [6, 6.07) is 6.20. The molecule has 2 heterocycles. The number of fused-ring (bicyclic) bond motifs is 1. The van der Waals surface area contributed by atoms with Crippen molar-refractivity contribution in [3.8, 4) is 0 Å². The van der Waals surface area contributed by atoms with Gasteiger partial charge in [-0.1, -0.05) is 0 Å². The van der Waals surface area contributed by atoms with Crippen molar-refractivity contribution in [2.45, 2.75) is 33.0 Å². The second kappa shape index (κ2) is 4.94. The van der Waals surface area contributed by atoms with E-state index in [0.717, 1.165) is 29.9 Å². The topological polar surface area (TPSA) is 51.4 Å². The SMILES string of the molecule is Cc1cc2c(N3CC(C)OC(C)C3)ccc(N)c2cn1. The summed E-state index contributed by atoms with van der Waals surface area (Å²) in [6.45, 7) is 8.07. The molecule has 2 aromatic rings. The summed E-state index contributed by atoms with van der Waals surface area (Å²) in [5, 5.41) is 2.21. The Hall–Kier alpha value is -1.81. The molecule has 0 spiro atoms. The third kappa shape index (κ3) is 2.31. The van der Waals surface area contributed by atoms with Gasteiger partial charge in [0.2, 0.25) is 0 Å². The largest absolute Gasteiger partial charge is 0.398 e. The molecule has 4 heteroatoms. The van der Waals surface area contributed by atoms with Gasteiger partial charge < -0.3 is 15.4 Å². The number of aromatic nitrogens is 1. The van der Waals surface area contributed by atoms with Crippen LogP contribution in [0.1, 0.15) is 19.5 Å². The van der Waals surface area contributed by atoms with Gasteiger partial charge in [-0.2, -0.15) is 0 Å². The molecule has 0 radical (unpaired) electrons. The van der Waals surface area contributed by atoms with Crippen molar-refractivity contribution in [3.05, 3.63) is 30.1 Å². The highest BCUT2D eigenvalue weighted by Gasteiger charge is 2.23. The Morgan fingerprint density at radius 2 is 1.90 bits per heavy atom. The molecule has 1 aliphatic heterocycles. The normalized spacial score (nSPS) is 23.2. The maximum Gasteiger partial charge on any atom is 0.0726 e. The summed E-state index contributed by atoms with van der Waals surface area (Å²) in [5.74, 6) is 0. The Labute approximate surface area is 119 Å². The first-order valence-electron chi connectivity index (χ1n) is 7.10. The molecule has 1 aromatic heterocycles. The maximum absolute atomic E-state index is 6.08. The Morgan fingerprint density at radius 1 is 1.20 bits per heavy atom. The number of nitrogens with zero attached hydrogens (tertiary/aromatic N) is 2. The van der Waals surface area contributed by atoms with Crippen molar-refractivity contribution in [1.82, 2.24) is 4.98 Å². The van der Waals surface area contributed by atoms with Gasteiger partial charge in [-0.25, -0.2) is 0 Å². The van der Waals surface area contributed by atoms with E-state index in [0.29, 0.717) is 0 Å². The number of benzene rings is 1. The first-order chi connectivity index (χ1) is 9.54. The van der Waals surface area contributed by atoms with Crippen LogP contribution >= 0.6 is 0 Å². The lowest BCUT2D eigenvalue weighted by Gasteiger charge is -2.37. The molecular weight excluding hydrogens is 250 g/mol. The zero-order chi connectivity index (χ0) is 14.3. The summed E-state index contributed by atoms with van der Waals surface area (Å²) in [4.78, 5) is 6.75. The fourth-order valence-electron chi connectivity index (χ4n) is 3.00. The molecule has 3 rings (SSSR count). The van der Waals surface area contributed by atoms with E-state index in [4.69, 9.17) is 10.5 Å². The van der Waals surface area contributed by atoms with E-state index in [1.807, 2.05) is 19.2 Å². The molecule has 1 aromatic carbocycles. The average molecular weight is 271 g/mol. The molecule has 4 nitrogen and oxygen atoms in total. The molecule has 1 fully saturated rings. The van der Waals surface area contributed by atoms with Crippen molar-refractivity contribution in [2.75, 3.05) is 23.7 Å². The highest BCUT2D eigenvalue weighted by molar-refractivity contribution is 6.01. The van der Waals surface area contributed by atoms with Crippen LogP contribution in [0.2, 0.25) is 0 Å². The molecule has 2 N–H and O–H groups in total. The third-order valence-corrected chi connectivity index (χ3v) is 3.81. The second-order valence-electron chi connectivity index (χ2n) is 5.71. The summed E-state index contributed by atoms with van der Waals surface area (Å²) in [6.07, 6.45) is 2.36. The molecule has 0 bridgehead atoms. The Bertz CT molecular complexity index is 631. The molecule has 0 saturated carbocycles. The predicted molar refractivity (Wildman–Crippen MR) is 83.1 cm³/mol. The van der Waals surface area contributed by atoms with Gasteiger partial charge in [-0.05, 0) is 39.0 Å². The lowest BCUT2D eigenvalue weighted by atomic mass is 10.1. The number of aryl methyl sites for hydroxylation is 1. The highest BCUT2D eigenvalue weighted by atomic mass is 16.5. The van der Waals surface area contributed by atoms with Crippen molar-refractivity contribution in [1.29, 1.82) is 0 Å². The van der Waals surface area contributed by atoms with Crippen LogP contribution in [0.4, 0.5) is 11.4 Å². The number of morpholine rings is 1. The molecule has 0 amide bonds. The van der Waals surface area contributed by atoms with E-state index in [-0.39, 0.29) is 12.2 Å². The van der Waals surface area contributed by atoms with E-state index in [1.165, 1.54) is 11.1 Å². The van der Waals surface area contributed by atoms with Crippen molar-refractivity contribution in [2.24, 2.45) is 0 Å². The van der Waals surface area contributed by atoms with E-state index < -0.39 is 0 Å². The van der Waals surface area contributed by atoms with E-state index in [1.54, 1.807) is 0 Å². The smallest absolute Gasteiger partial charge is 0.0726 e. The van der Waals surface area contributed by atoms with Crippen LogP contribution in [0, 0.1) is 6.92 Å². The van der Waals surface area contributed by atoms with Gasteiger partial charge in [-0.15, -0.1) is 0 Å². The van der Waals surface area contributed by atoms with Gasteiger partial charge in [-0.3, -0.25) is 4.98 Å². The average Bonchev–Trinajstić information content (AvgIpc) is 2.37. The molecule has 1 aliphatic rings. The summed E-state index contributed by atoms with van der Waals surface area (Å²) < 4.78 is 5.82. The van der Waals surface area contributed by atoms with Crippen LogP contribution in [0.15, 0.2) is 24.4 Å². The molecule has 0 aliphatic carbocycles. The fourth-order valence-corrected chi connectivity index (χ4v) is 3.00. The van der Waals surface area contributed by atoms with Crippen LogP contribution in [-0.2, 0) is 4.74 Å². The number of nitrogens with two attached hydrogens (primary N) is 1. The molecule has 20 heavy (non-hydrogen) atoms. The van der Waals surface area contributed by atoms with Gasteiger partial charge >= 0.3 is 0 Å². The number of rotatable bonds is 1. The Morgan fingerprint density at radius 3 is 2.60 bits per heavy atom. The van der Waals surface area contributed by atoms with Gasteiger partial charge in [0.05, 0.1) is 12.2 Å². The monoisotopic (exact) mass is 271 g/mol. The quantitative estimate of drug-likeness (QED) is 0.810. The lowest BCUT2D eigenvalue weighted by molar-refractivity contribution is -0.00513. The van der Waals surface area contributed by atoms with Crippen molar-refractivity contribution >= 4 is 22.1 Å². The fraction of sp³-hybridized carbons (Fsp3) is 0.438. The number of pyridine rings is 1. The summed E-state index contributed by atoms with van der Waals surface area (Å²) >= 11 is 0. The van der Waals surface area contributed by atoms with Crippen LogP contribution < -0.4 is 10.6 Å². The summed E-state index contributed by atoms with van der Waals surface area (Å²) in [5.41, 5.74) is 9.10. The minimum absolute atomic E-state index is 0.245. The number of nitrogen functional groups attached to an aromatic ring is 1. The van der Waals surface area contributed by atoms with E-state index in [2.05, 4.69) is 35.9 Å². The minimum atomic E-state index is 0.245. The number of anilines is 2. The zero-order valence-electron chi connectivity index (χ0n) is 12.3. The third-order valence-electron chi connectivity index (χ3n) is 3.81. The van der Waals surface area contributed by atoms with Crippen LogP contribution in [0.25, 0.3) is 10.8 Å². The molecule has 106 valence electrons. The Balaban J connectivity index is 2.11. The molecular formula is C16H21N3O. The molecule has 2 unspecified atom stereocenters. The van der Waals surface area contributed by atoms with Gasteiger partial charge in [0, 0.05) is 47.1 Å². The minimum Gasteiger partial charge on any atom is -0.398 e. The standard InChI is InChI=1S/C16H21N3O/c1-10-6-13-14(7-18-10)15(17)4-5-16(13)19-8-11(2)20-12(3)9-19/h4-7,11-12H,8-9,17H2,1-3H3. The van der Waals surface area contributed by atoms with Crippen LogP contribution in [-0.4, -0.2) is 30.3 Å². The van der Waals surface area contributed by atoms with Gasteiger partial charge in [0.1, 0.15) is 0 Å². The van der Waals surface area contributed by atoms with Crippen molar-refractivity contribution < 1.29 is 4.74 Å². The van der Waals surface area contributed by atoms with Crippen LogP contribution in [0.3, 0.4) is 0 Å². The van der Waals surface area contributed by atoms with Crippen LogP contribution in [0.5, 0.6) is 0 Å². The predicted octanol–water partition coefficient (Wildman–Crippen LogP) is 2.74. The summed E-state index contributed by atoms with van der Waals surface area (Å²) in [7, 11) is 0. The van der Waals surface area contributed by atoms with E-state index in [9.17, 15) is 0 Å². The van der Waals surface area contributed by atoms with Gasteiger partial charge in [0.25, 0.3) is 0 Å². The molecule has 2 atom stereocenters. The number of ether oxygens (including phenoxy) is 1. The van der Waals surface area contributed by atoms with Gasteiger partial charge in [0.15, 0.2) is 0 Å². The highest BCUT2D eigenvalue weighted by Crippen LogP contribution is 2.32. The number of hydrogen-bond donors (Lipinski definition) is 1. The second-order valence-corrected chi connectivity index (χ2v) is 5.71. The molecule has 1 saturated heterocycles. The maximum atomic E-state index is 6.08. The van der Waals surface area contributed by atoms with E-state index >= 15 is 0 Å². The first kappa shape index (κ1) is 13.2. The lowest BCUT2D eigenvalue weighted by Crippen LogP contribution is -2.45. The number of hydrogen-bond acceptors (Lipinski definition) is 4. The zero-order valence-corrected chi connectivity index (χ0v) is 12.3. The Kier molecular flexibility index (Phi) is 3.26. The van der Waals surface area contributed by atoms with Crippen molar-refractivity contribution in [3.63, 3.8) is 0 Å².